The van der Waals surface area contributed by atoms with Gasteiger partial charge in [0.25, 0.3) is 0 Å². The van der Waals surface area contributed by atoms with Crippen molar-refractivity contribution in [2.24, 2.45) is 5.73 Å². The molecule has 4 N–H and O–H groups in total. The van der Waals surface area contributed by atoms with Crippen LogP contribution in [0, 0.1) is 0 Å². The molecule has 0 radical (unpaired) electrons. The van der Waals surface area contributed by atoms with Gasteiger partial charge in [-0.2, -0.15) is 0 Å². The van der Waals surface area contributed by atoms with E-state index in [4.69, 9.17) is 10.5 Å². The Morgan fingerprint density at radius 3 is 2.53 bits per heavy atom. The van der Waals surface area contributed by atoms with Crippen molar-refractivity contribution in [1.82, 2.24) is 10.6 Å². The number of carbonyl (C=O) groups is 2. The molecule has 0 aromatic carbocycles. The molecule has 0 aliphatic rings. The SMILES string of the molecule is CCOCCC(=O)NCCCNC(N)=O. The van der Waals surface area contributed by atoms with Crippen LogP contribution < -0.4 is 16.4 Å². The van der Waals surface area contributed by atoms with E-state index in [1.807, 2.05) is 6.92 Å². The zero-order chi connectivity index (χ0) is 11.5. The Labute approximate surface area is 89.5 Å². The second kappa shape index (κ2) is 9.26. The molecule has 0 saturated heterocycles. The predicted molar refractivity (Wildman–Crippen MR) is 56.3 cm³/mol. The average Bonchev–Trinajstić information content (AvgIpc) is 2.17. The molecule has 0 fully saturated rings. The summed E-state index contributed by atoms with van der Waals surface area (Å²) in [5.41, 5.74) is 4.86. The molecule has 6 nitrogen and oxygen atoms in total. The van der Waals surface area contributed by atoms with Gasteiger partial charge in [0.15, 0.2) is 0 Å². The van der Waals surface area contributed by atoms with E-state index in [2.05, 4.69) is 10.6 Å². The zero-order valence-electron chi connectivity index (χ0n) is 9.04. The van der Waals surface area contributed by atoms with Gasteiger partial charge in [0.2, 0.25) is 5.91 Å². The highest BCUT2D eigenvalue weighted by molar-refractivity contribution is 5.75. The molecule has 0 aromatic heterocycles. The van der Waals surface area contributed by atoms with E-state index in [9.17, 15) is 9.59 Å². The number of carbonyl (C=O) groups excluding carboxylic acids is 2. The summed E-state index contributed by atoms with van der Waals surface area (Å²) in [5, 5.41) is 5.14. The first-order valence-corrected chi connectivity index (χ1v) is 5.04. The molecule has 0 spiro atoms. The molecule has 88 valence electrons. The fourth-order valence-electron chi connectivity index (χ4n) is 0.925. The quantitative estimate of drug-likeness (QED) is 0.482. The number of hydrogen-bond donors (Lipinski definition) is 3. The summed E-state index contributed by atoms with van der Waals surface area (Å²) >= 11 is 0. The number of urea groups is 1. The summed E-state index contributed by atoms with van der Waals surface area (Å²) in [6, 6.07) is -0.544. The van der Waals surface area contributed by atoms with Crippen molar-refractivity contribution >= 4 is 11.9 Å². The van der Waals surface area contributed by atoms with Crippen molar-refractivity contribution in [2.75, 3.05) is 26.3 Å². The Morgan fingerprint density at radius 2 is 1.93 bits per heavy atom. The largest absolute Gasteiger partial charge is 0.381 e. The summed E-state index contributed by atoms with van der Waals surface area (Å²) < 4.78 is 5.03. The number of nitrogens with one attached hydrogen (secondary N) is 2. The highest BCUT2D eigenvalue weighted by Crippen LogP contribution is 1.83. The van der Waals surface area contributed by atoms with Crippen LogP contribution in [0.1, 0.15) is 19.8 Å². The molecule has 0 aliphatic carbocycles. The number of primary amides is 1. The molecule has 0 rings (SSSR count). The number of rotatable bonds is 8. The van der Waals surface area contributed by atoms with Crippen LogP contribution in [0.5, 0.6) is 0 Å². The van der Waals surface area contributed by atoms with Gasteiger partial charge in [0.1, 0.15) is 0 Å². The van der Waals surface area contributed by atoms with Crippen molar-refractivity contribution in [1.29, 1.82) is 0 Å². The topological polar surface area (TPSA) is 93.4 Å². The molecule has 0 atom stereocenters. The Balaban J connectivity index is 3.20. The Hall–Kier alpha value is -1.30. The molecular weight excluding hydrogens is 198 g/mol. The van der Waals surface area contributed by atoms with Gasteiger partial charge in [0.05, 0.1) is 6.61 Å². The maximum Gasteiger partial charge on any atom is 0.312 e. The maximum atomic E-state index is 11.1. The third kappa shape index (κ3) is 10.6. The lowest BCUT2D eigenvalue weighted by Gasteiger charge is -2.05. The summed E-state index contributed by atoms with van der Waals surface area (Å²) in [7, 11) is 0. The van der Waals surface area contributed by atoms with Crippen molar-refractivity contribution < 1.29 is 14.3 Å². The highest BCUT2D eigenvalue weighted by Gasteiger charge is 1.99. The lowest BCUT2D eigenvalue weighted by atomic mass is 10.4. The van der Waals surface area contributed by atoms with Crippen LogP contribution in [0.4, 0.5) is 4.79 Å². The van der Waals surface area contributed by atoms with E-state index < -0.39 is 6.03 Å². The molecule has 0 aliphatic heterocycles. The minimum Gasteiger partial charge on any atom is -0.381 e. The normalized spacial score (nSPS) is 9.67. The van der Waals surface area contributed by atoms with Gasteiger partial charge in [-0.05, 0) is 13.3 Å². The van der Waals surface area contributed by atoms with Gasteiger partial charge < -0.3 is 21.1 Å². The van der Waals surface area contributed by atoms with Crippen LogP contribution in [-0.2, 0) is 9.53 Å². The number of nitrogens with two attached hydrogens (primary N) is 1. The van der Waals surface area contributed by atoms with E-state index in [1.165, 1.54) is 0 Å². The predicted octanol–water partition coefficient (Wildman–Crippen LogP) is -0.412. The zero-order valence-corrected chi connectivity index (χ0v) is 9.04. The molecule has 0 bridgehead atoms. The van der Waals surface area contributed by atoms with Crippen LogP contribution in [0.25, 0.3) is 0 Å². The highest BCUT2D eigenvalue weighted by atomic mass is 16.5. The molecule has 0 saturated carbocycles. The van der Waals surface area contributed by atoms with Crippen LogP contribution in [0.3, 0.4) is 0 Å². The lowest BCUT2D eigenvalue weighted by Crippen LogP contribution is -2.33. The van der Waals surface area contributed by atoms with Gasteiger partial charge in [0, 0.05) is 26.1 Å². The van der Waals surface area contributed by atoms with Crippen molar-refractivity contribution in [3.8, 4) is 0 Å². The van der Waals surface area contributed by atoms with Gasteiger partial charge in [-0.15, -0.1) is 0 Å². The van der Waals surface area contributed by atoms with Gasteiger partial charge in [-0.3, -0.25) is 4.79 Å². The first kappa shape index (κ1) is 13.7. The first-order valence-electron chi connectivity index (χ1n) is 5.04. The van der Waals surface area contributed by atoms with Crippen molar-refractivity contribution in [3.05, 3.63) is 0 Å². The number of hydrogen-bond acceptors (Lipinski definition) is 3. The molecule has 0 aromatic rings. The van der Waals surface area contributed by atoms with Gasteiger partial charge >= 0.3 is 6.03 Å². The van der Waals surface area contributed by atoms with Gasteiger partial charge in [-0.1, -0.05) is 0 Å². The number of amides is 3. The molecule has 0 heterocycles. The molecule has 15 heavy (non-hydrogen) atoms. The smallest absolute Gasteiger partial charge is 0.312 e. The van der Waals surface area contributed by atoms with Crippen LogP contribution in [-0.4, -0.2) is 38.2 Å². The number of ether oxygens (including phenoxy) is 1. The minimum atomic E-state index is -0.544. The lowest BCUT2D eigenvalue weighted by molar-refractivity contribution is -0.122. The van der Waals surface area contributed by atoms with Crippen LogP contribution >= 0.6 is 0 Å². The van der Waals surface area contributed by atoms with E-state index in [-0.39, 0.29) is 5.91 Å². The summed E-state index contributed by atoms with van der Waals surface area (Å²) in [6.07, 6.45) is 1.04. The summed E-state index contributed by atoms with van der Waals surface area (Å²) in [6.45, 7) is 3.96. The van der Waals surface area contributed by atoms with Gasteiger partial charge in [-0.25, -0.2) is 4.79 Å². The second-order valence-electron chi connectivity index (χ2n) is 2.94. The monoisotopic (exact) mass is 217 g/mol. The van der Waals surface area contributed by atoms with E-state index in [1.54, 1.807) is 0 Å². The fourth-order valence-corrected chi connectivity index (χ4v) is 0.925. The van der Waals surface area contributed by atoms with Crippen LogP contribution in [0.2, 0.25) is 0 Å². The summed E-state index contributed by atoms with van der Waals surface area (Å²) in [5.74, 6) is -0.0393. The standard InChI is InChI=1S/C9H19N3O3/c1-2-15-7-4-8(13)11-5-3-6-12-9(10)14/h2-7H2,1H3,(H,11,13)(H3,10,12,14). The third-order valence-electron chi connectivity index (χ3n) is 1.65. The van der Waals surface area contributed by atoms with Crippen LogP contribution in [0.15, 0.2) is 0 Å². The third-order valence-corrected chi connectivity index (χ3v) is 1.65. The first-order chi connectivity index (χ1) is 7.16. The maximum absolute atomic E-state index is 11.1. The van der Waals surface area contributed by atoms with E-state index in [0.717, 1.165) is 0 Å². The Kier molecular flexibility index (Phi) is 8.46. The molecule has 6 heteroatoms. The van der Waals surface area contributed by atoms with Crippen molar-refractivity contribution in [2.45, 2.75) is 19.8 Å². The van der Waals surface area contributed by atoms with Crippen molar-refractivity contribution in [3.63, 3.8) is 0 Å². The fraction of sp³-hybridized carbons (Fsp3) is 0.778. The Morgan fingerprint density at radius 1 is 1.27 bits per heavy atom. The Bertz CT molecular complexity index is 197. The second-order valence-corrected chi connectivity index (χ2v) is 2.94. The molecular formula is C9H19N3O3. The minimum absolute atomic E-state index is 0.0393. The van der Waals surface area contributed by atoms with E-state index >= 15 is 0 Å². The molecule has 0 unspecified atom stereocenters. The summed E-state index contributed by atoms with van der Waals surface area (Å²) in [4.78, 5) is 21.4. The van der Waals surface area contributed by atoms with E-state index in [0.29, 0.717) is 39.1 Å². The average molecular weight is 217 g/mol. The molecule has 3 amide bonds.